The fraction of sp³-hybridized carbons (Fsp3) is 0.727. The van der Waals surface area contributed by atoms with Crippen LogP contribution < -0.4 is 0 Å². The molecule has 0 aliphatic carbocycles. The Labute approximate surface area is 95.2 Å². The van der Waals surface area contributed by atoms with E-state index in [1.165, 1.54) is 6.33 Å². The zero-order valence-electron chi connectivity index (χ0n) is 9.81. The van der Waals surface area contributed by atoms with Gasteiger partial charge in [-0.25, -0.2) is 4.98 Å². The van der Waals surface area contributed by atoms with E-state index in [-0.39, 0.29) is 5.91 Å². The van der Waals surface area contributed by atoms with Crippen LogP contribution in [0.4, 0.5) is 0 Å². The SMILES string of the molecule is CC(C)C1CCN(C(=O)c2ncn[nH]2)CC1. The van der Waals surface area contributed by atoms with Crippen molar-refractivity contribution in [3.63, 3.8) is 0 Å². The molecule has 1 fully saturated rings. The van der Waals surface area contributed by atoms with Crippen molar-refractivity contribution in [1.82, 2.24) is 20.1 Å². The number of hydrogen-bond acceptors (Lipinski definition) is 3. The van der Waals surface area contributed by atoms with Crippen molar-refractivity contribution in [2.75, 3.05) is 13.1 Å². The molecule has 0 unspecified atom stereocenters. The third kappa shape index (κ3) is 2.23. The lowest BCUT2D eigenvalue weighted by molar-refractivity contribution is 0.0656. The number of hydrogen-bond donors (Lipinski definition) is 1. The van der Waals surface area contributed by atoms with Crippen LogP contribution in [0, 0.1) is 11.8 Å². The number of amides is 1. The van der Waals surface area contributed by atoms with E-state index < -0.39 is 0 Å². The maximum atomic E-state index is 11.9. The number of H-pyrrole nitrogens is 1. The highest BCUT2D eigenvalue weighted by Crippen LogP contribution is 2.24. The third-order valence-corrected chi connectivity index (χ3v) is 3.39. The van der Waals surface area contributed by atoms with Crippen LogP contribution in [0.2, 0.25) is 0 Å². The molecule has 1 aromatic heterocycles. The summed E-state index contributed by atoms with van der Waals surface area (Å²) in [6, 6.07) is 0. The van der Waals surface area contributed by atoms with Gasteiger partial charge < -0.3 is 4.90 Å². The average molecular weight is 222 g/mol. The minimum atomic E-state index is -0.0280. The van der Waals surface area contributed by atoms with Crippen LogP contribution in [0.15, 0.2) is 6.33 Å². The van der Waals surface area contributed by atoms with E-state index >= 15 is 0 Å². The van der Waals surface area contributed by atoms with Crippen molar-refractivity contribution in [2.24, 2.45) is 11.8 Å². The van der Waals surface area contributed by atoms with Gasteiger partial charge in [0.05, 0.1) is 0 Å². The zero-order valence-corrected chi connectivity index (χ0v) is 9.81. The maximum absolute atomic E-state index is 11.9. The summed E-state index contributed by atoms with van der Waals surface area (Å²) in [5.41, 5.74) is 0. The van der Waals surface area contributed by atoms with Gasteiger partial charge in [0.2, 0.25) is 5.82 Å². The monoisotopic (exact) mass is 222 g/mol. The second-order valence-corrected chi connectivity index (χ2v) is 4.71. The molecular weight excluding hydrogens is 204 g/mol. The minimum absolute atomic E-state index is 0.0280. The molecule has 1 N–H and O–H groups in total. The summed E-state index contributed by atoms with van der Waals surface area (Å²) in [4.78, 5) is 17.7. The first-order valence-corrected chi connectivity index (χ1v) is 5.83. The lowest BCUT2D eigenvalue weighted by Crippen LogP contribution is -2.40. The molecule has 1 saturated heterocycles. The molecule has 1 aromatic rings. The molecular formula is C11H18N4O. The number of carbonyl (C=O) groups excluding carboxylic acids is 1. The van der Waals surface area contributed by atoms with Crippen molar-refractivity contribution < 1.29 is 4.79 Å². The van der Waals surface area contributed by atoms with Gasteiger partial charge in [0.25, 0.3) is 5.91 Å². The van der Waals surface area contributed by atoms with Crippen LogP contribution in [-0.4, -0.2) is 39.1 Å². The van der Waals surface area contributed by atoms with Gasteiger partial charge in [-0.05, 0) is 24.7 Å². The summed E-state index contributed by atoms with van der Waals surface area (Å²) < 4.78 is 0. The Morgan fingerprint density at radius 2 is 2.19 bits per heavy atom. The number of aromatic nitrogens is 3. The summed E-state index contributed by atoms with van der Waals surface area (Å²) in [7, 11) is 0. The Kier molecular flexibility index (Phi) is 3.22. The maximum Gasteiger partial charge on any atom is 0.291 e. The summed E-state index contributed by atoms with van der Waals surface area (Å²) in [6.07, 6.45) is 3.56. The van der Waals surface area contributed by atoms with E-state index in [1.54, 1.807) is 0 Å². The standard InChI is InChI=1S/C11H18N4O/c1-8(2)9-3-5-15(6-4-9)11(16)10-12-7-13-14-10/h7-9H,3-6H2,1-2H3,(H,12,13,14). The molecule has 0 bridgehead atoms. The highest BCUT2D eigenvalue weighted by atomic mass is 16.2. The predicted octanol–water partition coefficient (Wildman–Crippen LogP) is 1.31. The number of aromatic amines is 1. The summed E-state index contributed by atoms with van der Waals surface area (Å²) in [5.74, 6) is 1.78. The summed E-state index contributed by atoms with van der Waals surface area (Å²) in [5, 5.41) is 6.31. The summed E-state index contributed by atoms with van der Waals surface area (Å²) in [6.45, 7) is 6.17. The first-order valence-electron chi connectivity index (χ1n) is 5.83. The van der Waals surface area contributed by atoms with Gasteiger partial charge >= 0.3 is 0 Å². The molecule has 1 aliphatic rings. The van der Waals surface area contributed by atoms with Gasteiger partial charge in [-0.2, -0.15) is 5.10 Å². The normalized spacial score (nSPS) is 18.1. The summed E-state index contributed by atoms with van der Waals surface area (Å²) >= 11 is 0. The first kappa shape index (κ1) is 11.1. The number of rotatable bonds is 2. The van der Waals surface area contributed by atoms with Crippen LogP contribution in [0.5, 0.6) is 0 Å². The molecule has 0 spiro atoms. The number of carbonyl (C=O) groups is 1. The number of likely N-dealkylation sites (tertiary alicyclic amines) is 1. The molecule has 0 aromatic carbocycles. The topological polar surface area (TPSA) is 61.9 Å². The Balaban J connectivity index is 1.92. The van der Waals surface area contributed by atoms with Crippen molar-refractivity contribution in [2.45, 2.75) is 26.7 Å². The molecule has 0 atom stereocenters. The molecule has 1 aliphatic heterocycles. The zero-order chi connectivity index (χ0) is 11.5. The lowest BCUT2D eigenvalue weighted by Gasteiger charge is -2.33. The van der Waals surface area contributed by atoms with Gasteiger partial charge in [0, 0.05) is 13.1 Å². The fourth-order valence-electron chi connectivity index (χ4n) is 2.23. The van der Waals surface area contributed by atoms with Crippen molar-refractivity contribution in [3.05, 3.63) is 12.2 Å². The Bertz CT molecular complexity index is 339. The van der Waals surface area contributed by atoms with Crippen LogP contribution in [0.25, 0.3) is 0 Å². The van der Waals surface area contributed by atoms with Crippen LogP contribution in [0.1, 0.15) is 37.3 Å². The molecule has 16 heavy (non-hydrogen) atoms. The van der Waals surface area contributed by atoms with Crippen molar-refractivity contribution >= 4 is 5.91 Å². The van der Waals surface area contributed by atoms with Gasteiger partial charge in [0.1, 0.15) is 6.33 Å². The fourth-order valence-corrected chi connectivity index (χ4v) is 2.23. The minimum Gasteiger partial charge on any atom is -0.336 e. The van der Waals surface area contributed by atoms with Crippen LogP contribution in [-0.2, 0) is 0 Å². The van der Waals surface area contributed by atoms with E-state index in [2.05, 4.69) is 29.0 Å². The van der Waals surface area contributed by atoms with Gasteiger partial charge in [0.15, 0.2) is 0 Å². The quantitative estimate of drug-likeness (QED) is 0.820. The third-order valence-electron chi connectivity index (χ3n) is 3.39. The van der Waals surface area contributed by atoms with Crippen LogP contribution >= 0.6 is 0 Å². The second-order valence-electron chi connectivity index (χ2n) is 4.71. The Morgan fingerprint density at radius 1 is 1.50 bits per heavy atom. The molecule has 1 amide bonds. The molecule has 2 rings (SSSR count). The molecule has 5 nitrogen and oxygen atoms in total. The molecule has 88 valence electrons. The van der Waals surface area contributed by atoms with E-state index in [4.69, 9.17) is 0 Å². The highest BCUT2D eigenvalue weighted by molar-refractivity contribution is 5.90. The highest BCUT2D eigenvalue weighted by Gasteiger charge is 2.26. The molecule has 0 saturated carbocycles. The van der Waals surface area contributed by atoms with Crippen molar-refractivity contribution in [3.8, 4) is 0 Å². The smallest absolute Gasteiger partial charge is 0.291 e. The number of piperidine rings is 1. The average Bonchev–Trinajstić information content (AvgIpc) is 2.81. The van der Waals surface area contributed by atoms with Crippen molar-refractivity contribution in [1.29, 1.82) is 0 Å². The van der Waals surface area contributed by atoms with Gasteiger partial charge in [-0.1, -0.05) is 13.8 Å². The lowest BCUT2D eigenvalue weighted by atomic mass is 9.87. The Hall–Kier alpha value is -1.39. The van der Waals surface area contributed by atoms with E-state index in [1.807, 2.05) is 4.90 Å². The van der Waals surface area contributed by atoms with E-state index in [0.717, 1.165) is 31.8 Å². The van der Waals surface area contributed by atoms with Crippen LogP contribution in [0.3, 0.4) is 0 Å². The Morgan fingerprint density at radius 3 is 2.69 bits per heavy atom. The largest absolute Gasteiger partial charge is 0.336 e. The van der Waals surface area contributed by atoms with Gasteiger partial charge in [-0.3, -0.25) is 9.89 Å². The number of nitrogens with zero attached hydrogens (tertiary/aromatic N) is 3. The molecule has 5 heteroatoms. The number of nitrogens with one attached hydrogen (secondary N) is 1. The second kappa shape index (κ2) is 4.63. The van der Waals surface area contributed by atoms with E-state index in [9.17, 15) is 4.79 Å². The predicted molar refractivity (Wildman–Crippen MR) is 59.8 cm³/mol. The van der Waals surface area contributed by atoms with Gasteiger partial charge in [-0.15, -0.1) is 0 Å². The first-order chi connectivity index (χ1) is 7.68. The molecule has 2 heterocycles. The molecule has 0 radical (unpaired) electrons. The van der Waals surface area contributed by atoms with E-state index in [0.29, 0.717) is 11.7 Å².